The summed E-state index contributed by atoms with van der Waals surface area (Å²) in [7, 11) is 0. The molecule has 17 heavy (non-hydrogen) atoms. The standard InChI is InChI=1S/C15H21NO/c1-12(2)14-5-4-6-15(11-14)13(3)16-7-9-17-10-8-16/h4-6,11-12H,3,7-10H2,1-2H3. The van der Waals surface area contributed by atoms with Crippen LogP contribution in [0.5, 0.6) is 0 Å². The Balaban J connectivity index is 2.15. The van der Waals surface area contributed by atoms with Crippen LogP contribution in [0.2, 0.25) is 0 Å². The molecule has 2 heteroatoms. The predicted octanol–water partition coefficient (Wildman–Crippen LogP) is 3.11. The van der Waals surface area contributed by atoms with Gasteiger partial charge in [-0.05, 0) is 23.1 Å². The van der Waals surface area contributed by atoms with Gasteiger partial charge < -0.3 is 9.64 Å². The zero-order valence-electron chi connectivity index (χ0n) is 10.8. The van der Waals surface area contributed by atoms with Crippen LogP contribution in [-0.4, -0.2) is 31.2 Å². The van der Waals surface area contributed by atoms with Crippen LogP contribution >= 0.6 is 0 Å². The van der Waals surface area contributed by atoms with Crippen molar-refractivity contribution in [2.45, 2.75) is 19.8 Å². The highest BCUT2D eigenvalue weighted by Gasteiger charge is 2.13. The van der Waals surface area contributed by atoms with Crippen molar-refractivity contribution in [2.24, 2.45) is 0 Å². The summed E-state index contributed by atoms with van der Waals surface area (Å²) in [5.41, 5.74) is 3.73. The summed E-state index contributed by atoms with van der Waals surface area (Å²) in [6.07, 6.45) is 0. The lowest BCUT2D eigenvalue weighted by Gasteiger charge is -2.30. The SMILES string of the molecule is C=C(c1cccc(C(C)C)c1)N1CCOCC1. The van der Waals surface area contributed by atoms with Gasteiger partial charge in [0.15, 0.2) is 0 Å². The monoisotopic (exact) mass is 231 g/mol. The summed E-state index contributed by atoms with van der Waals surface area (Å²) < 4.78 is 5.36. The molecular formula is C15H21NO. The van der Waals surface area contributed by atoms with Crippen LogP contribution < -0.4 is 0 Å². The van der Waals surface area contributed by atoms with Crippen LogP contribution in [0.4, 0.5) is 0 Å². The van der Waals surface area contributed by atoms with Gasteiger partial charge in [0.05, 0.1) is 13.2 Å². The number of benzene rings is 1. The summed E-state index contributed by atoms with van der Waals surface area (Å²) in [6, 6.07) is 8.70. The van der Waals surface area contributed by atoms with E-state index in [-0.39, 0.29) is 0 Å². The molecule has 1 aromatic carbocycles. The van der Waals surface area contributed by atoms with Crippen LogP contribution in [0.3, 0.4) is 0 Å². The molecule has 1 fully saturated rings. The number of hydrogen-bond acceptors (Lipinski definition) is 2. The molecule has 1 heterocycles. The van der Waals surface area contributed by atoms with Gasteiger partial charge in [0.25, 0.3) is 0 Å². The Morgan fingerprint density at radius 3 is 2.65 bits per heavy atom. The van der Waals surface area contributed by atoms with Gasteiger partial charge in [-0.25, -0.2) is 0 Å². The fourth-order valence-corrected chi connectivity index (χ4v) is 2.09. The maximum atomic E-state index is 5.36. The molecule has 0 aromatic heterocycles. The molecule has 0 saturated carbocycles. The van der Waals surface area contributed by atoms with Crippen molar-refractivity contribution >= 4 is 5.70 Å². The van der Waals surface area contributed by atoms with Crippen molar-refractivity contribution in [2.75, 3.05) is 26.3 Å². The van der Waals surface area contributed by atoms with E-state index in [1.807, 2.05) is 0 Å². The number of ether oxygens (including phenoxy) is 1. The van der Waals surface area contributed by atoms with Gasteiger partial charge in [0, 0.05) is 18.8 Å². The quantitative estimate of drug-likeness (QED) is 0.792. The lowest BCUT2D eigenvalue weighted by Crippen LogP contribution is -2.34. The minimum absolute atomic E-state index is 0.562. The molecule has 0 unspecified atom stereocenters. The van der Waals surface area contributed by atoms with E-state index in [1.54, 1.807) is 0 Å². The van der Waals surface area contributed by atoms with E-state index >= 15 is 0 Å². The van der Waals surface area contributed by atoms with Crippen LogP contribution in [0.15, 0.2) is 30.8 Å². The first-order valence-electron chi connectivity index (χ1n) is 6.30. The molecule has 0 atom stereocenters. The van der Waals surface area contributed by atoms with Crippen molar-refractivity contribution in [3.63, 3.8) is 0 Å². The molecule has 2 nitrogen and oxygen atoms in total. The van der Waals surface area contributed by atoms with Crippen molar-refractivity contribution < 1.29 is 4.74 Å². The lowest BCUT2D eigenvalue weighted by atomic mass is 9.99. The van der Waals surface area contributed by atoms with Gasteiger partial charge in [-0.1, -0.05) is 38.6 Å². The lowest BCUT2D eigenvalue weighted by molar-refractivity contribution is 0.0641. The largest absolute Gasteiger partial charge is 0.378 e. The second kappa shape index (κ2) is 5.37. The smallest absolute Gasteiger partial charge is 0.0642 e. The van der Waals surface area contributed by atoms with E-state index in [0.717, 1.165) is 32.0 Å². The second-order valence-electron chi connectivity index (χ2n) is 4.83. The van der Waals surface area contributed by atoms with Gasteiger partial charge in [0.2, 0.25) is 0 Å². The Morgan fingerprint density at radius 2 is 2.00 bits per heavy atom. The highest BCUT2D eigenvalue weighted by molar-refractivity contribution is 5.62. The van der Waals surface area contributed by atoms with Gasteiger partial charge >= 0.3 is 0 Å². The number of rotatable bonds is 3. The first-order valence-corrected chi connectivity index (χ1v) is 6.30. The summed E-state index contributed by atoms with van der Waals surface area (Å²) in [5, 5.41) is 0. The second-order valence-corrected chi connectivity index (χ2v) is 4.83. The van der Waals surface area contributed by atoms with Crippen molar-refractivity contribution in [3.05, 3.63) is 42.0 Å². The predicted molar refractivity (Wildman–Crippen MR) is 72.0 cm³/mol. The fourth-order valence-electron chi connectivity index (χ4n) is 2.09. The van der Waals surface area contributed by atoms with Crippen LogP contribution in [0.25, 0.3) is 5.70 Å². The summed E-state index contributed by atoms with van der Waals surface area (Å²) in [4.78, 5) is 2.31. The van der Waals surface area contributed by atoms with Gasteiger partial charge in [-0.3, -0.25) is 0 Å². The van der Waals surface area contributed by atoms with Crippen LogP contribution in [-0.2, 0) is 4.74 Å². The van der Waals surface area contributed by atoms with E-state index in [0.29, 0.717) is 5.92 Å². The molecular weight excluding hydrogens is 210 g/mol. The van der Waals surface area contributed by atoms with E-state index in [1.165, 1.54) is 11.1 Å². The number of hydrogen-bond donors (Lipinski definition) is 0. The van der Waals surface area contributed by atoms with Crippen molar-refractivity contribution in [1.82, 2.24) is 4.90 Å². The van der Waals surface area contributed by atoms with Gasteiger partial charge in [-0.2, -0.15) is 0 Å². The highest BCUT2D eigenvalue weighted by Crippen LogP contribution is 2.22. The molecule has 1 saturated heterocycles. The molecule has 92 valence electrons. The average molecular weight is 231 g/mol. The average Bonchev–Trinajstić information content (AvgIpc) is 2.39. The third-order valence-electron chi connectivity index (χ3n) is 3.28. The third-order valence-corrected chi connectivity index (χ3v) is 3.28. The molecule has 1 aliphatic heterocycles. The maximum Gasteiger partial charge on any atom is 0.0642 e. The molecule has 1 aliphatic rings. The molecule has 0 amide bonds. The first kappa shape index (κ1) is 12.2. The zero-order valence-corrected chi connectivity index (χ0v) is 10.8. The minimum Gasteiger partial charge on any atom is -0.378 e. The third kappa shape index (κ3) is 2.89. The molecule has 0 spiro atoms. The number of morpholine rings is 1. The molecule has 0 radical (unpaired) electrons. The fraction of sp³-hybridized carbons (Fsp3) is 0.467. The maximum absolute atomic E-state index is 5.36. The molecule has 0 N–H and O–H groups in total. The summed E-state index contributed by atoms with van der Waals surface area (Å²) >= 11 is 0. The molecule has 0 aliphatic carbocycles. The number of nitrogens with zero attached hydrogens (tertiary/aromatic N) is 1. The first-order chi connectivity index (χ1) is 8.18. The van der Waals surface area contributed by atoms with Crippen LogP contribution in [0, 0.1) is 0 Å². The van der Waals surface area contributed by atoms with Crippen molar-refractivity contribution in [1.29, 1.82) is 0 Å². The highest BCUT2D eigenvalue weighted by atomic mass is 16.5. The molecule has 1 aromatic rings. The summed E-state index contributed by atoms with van der Waals surface area (Å²) in [6.45, 7) is 12.2. The van der Waals surface area contributed by atoms with E-state index in [2.05, 4.69) is 49.6 Å². The Hall–Kier alpha value is -1.28. The normalized spacial score (nSPS) is 16.3. The Morgan fingerprint density at radius 1 is 1.29 bits per heavy atom. The van der Waals surface area contributed by atoms with E-state index < -0.39 is 0 Å². The molecule has 0 bridgehead atoms. The van der Waals surface area contributed by atoms with E-state index in [4.69, 9.17) is 4.74 Å². The summed E-state index contributed by atoms with van der Waals surface area (Å²) in [5.74, 6) is 0.562. The Kier molecular flexibility index (Phi) is 3.85. The Labute approximate surface area is 104 Å². The van der Waals surface area contributed by atoms with Gasteiger partial charge in [0.1, 0.15) is 0 Å². The minimum atomic E-state index is 0.562. The van der Waals surface area contributed by atoms with E-state index in [9.17, 15) is 0 Å². The molecule has 2 rings (SSSR count). The van der Waals surface area contributed by atoms with Crippen LogP contribution in [0.1, 0.15) is 30.9 Å². The zero-order chi connectivity index (χ0) is 12.3. The Bertz CT molecular complexity index is 392. The topological polar surface area (TPSA) is 12.5 Å². The van der Waals surface area contributed by atoms with Gasteiger partial charge in [-0.15, -0.1) is 0 Å². The van der Waals surface area contributed by atoms with Crippen molar-refractivity contribution in [3.8, 4) is 0 Å².